The van der Waals surface area contributed by atoms with Crippen molar-refractivity contribution in [3.8, 4) is 0 Å². The van der Waals surface area contributed by atoms with E-state index in [1.807, 2.05) is 13.0 Å². The molecule has 0 aliphatic carbocycles. The van der Waals surface area contributed by atoms with Gasteiger partial charge in [0.15, 0.2) is 0 Å². The van der Waals surface area contributed by atoms with Gasteiger partial charge in [0.05, 0.1) is 5.56 Å². The van der Waals surface area contributed by atoms with Crippen LogP contribution in [0.2, 0.25) is 0 Å². The third-order valence-electron chi connectivity index (χ3n) is 3.21. The summed E-state index contributed by atoms with van der Waals surface area (Å²) in [7, 11) is 2.12. The van der Waals surface area contributed by atoms with E-state index in [-0.39, 0.29) is 5.84 Å². The van der Waals surface area contributed by atoms with E-state index in [4.69, 9.17) is 11.1 Å². The maximum Gasteiger partial charge on any atom is 0.139 e. The first-order valence-electron chi connectivity index (χ1n) is 5.83. The lowest BCUT2D eigenvalue weighted by atomic mass is 10.1. The Morgan fingerprint density at radius 2 is 2.00 bits per heavy atom. The van der Waals surface area contributed by atoms with Crippen LogP contribution in [0.15, 0.2) is 12.3 Å². The highest BCUT2D eigenvalue weighted by molar-refractivity contribution is 6.01. The van der Waals surface area contributed by atoms with Crippen LogP contribution < -0.4 is 10.6 Å². The highest BCUT2D eigenvalue weighted by Gasteiger charge is 2.20. The van der Waals surface area contributed by atoms with Crippen molar-refractivity contribution in [2.75, 3.05) is 38.1 Å². The number of pyridine rings is 1. The average Bonchev–Trinajstić information content (AvgIpc) is 2.29. The average molecular weight is 233 g/mol. The summed E-state index contributed by atoms with van der Waals surface area (Å²) in [5.74, 6) is 0.954. The smallest absolute Gasteiger partial charge is 0.139 e. The molecule has 1 saturated heterocycles. The number of amidine groups is 1. The Labute approximate surface area is 102 Å². The molecule has 2 heterocycles. The molecule has 92 valence electrons. The maximum absolute atomic E-state index is 7.68. The summed E-state index contributed by atoms with van der Waals surface area (Å²) in [4.78, 5) is 8.90. The summed E-state index contributed by atoms with van der Waals surface area (Å²) in [5.41, 5.74) is 7.45. The number of likely N-dealkylation sites (N-methyl/N-ethyl adjacent to an activating group) is 1. The number of aryl methyl sites for hydroxylation is 1. The van der Waals surface area contributed by atoms with Crippen LogP contribution >= 0.6 is 0 Å². The number of nitrogens with zero attached hydrogens (tertiary/aromatic N) is 3. The van der Waals surface area contributed by atoms with Gasteiger partial charge in [0, 0.05) is 32.4 Å². The van der Waals surface area contributed by atoms with Crippen molar-refractivity contribution in [1.29, 1.82) is 5.41 Å². The number of aromatic nitrogens is 1. The predicted molar refractivity (Wildman–Crippen MR) is 69.7 cm³/mol. The first kappa shape index (κ1) is 11.9. The van der Waals surface area contributed by atoms with Gasteiger partial charge in [-0.1, -0.05) is 0 Å². The largest absolute Gasteiger partial charge is 0.384 e. The minimum Gasteiger partial charge on any atom is -0.384 e. The summed E-state index contributed by atoms with van der Waals surface area (Å²) in [6, 6.07) is 1.90. The van der Waals surface area contributed by atoms with Crippen molar-refractivity contribution in [3.05, 3.63) is 23.4 Å². The minimum absolute atomic E-state index is 0.101. The summed E-state index contributed by atoms with van der Waals surface area (Å²) >= 11 is 0. The fraction of sp³-hybridized carbons (Fsp3) is 0.500. The molecule has 0 radical (unpaired) electrons. The Balaban J connectivity index is 2.32. The van der Waals surface area contributed by atoms with E-state index < -0.39 is 0 Å². The Morgan fingerprint density at radius 1 is 1.35 bits per heavy atom. The van der Waals surface area contributed by atoms with Crippen molar-refractivity contribution >= 4 is 11.7 Å². The normalized spacial score (nSPS) is 17.2. The molecule has 0 amide bonds. The minimum atomic E-state index is 0.101. The number of anilines is 1. The first-order valence-corrected chi connectivity index (χ1v) is 5.83. The summed E-state index contributed by atoms with van der Waals surface area (Å²) in [6.45, 7) is 5.89. The maximum atomic E-state index is 7.68. The first-order chi connectivity index (χ1) is 8.09. The summed E-state index contributed by atoms with van der Waals surface area (Å²) in [6.07, 6.45) is 1.79. The van der Waals surface area contributed by atoms with Gasteiger partial charge in [-0.2, -0.15) is 0 Å². The van der Waals surface area contributed by atoms with Gasteiger partial charge in [0.2, 0.25) is 0 Å². The molecule has 1 aliphatic heterocycles. The Kier molecular flexibility index (Phi) is 3.28. The molecule has 1 aromatic rings. The van der Waals surface area contributed by atoms with Crippen molar-refractivity contribution in [2.45, 2.75) is 6.92 Å². The number of piperazine rings is 1. The number of nitrogens with one attached hydrogen (secondary N) is 1. The lowest BCUT2D eigenvalue weighted by Crippen LogP contribution is -2.45. The third-order valence-corrected chi connectivity index (χ3v) is 3.21. The van der Waals surface area contributed by atoms with E-state index in [0.717, 1.165) is 43.1 Å². The number of hydrogen-bond donors (Lipinski definition) is 2. The number of hydrogen-bond acceptors (Lipinski definition) is 4. The molecule has 0 bridgehead atoms. The van der Waals surface area contributed by atoms with Gasteiger partial charge in [-0.15, -0.1) is 0 Å². The molecule has 2 rings (SSSR count). The molecule has 5 nitrogen and oxygen atoms in total. The zero-order valence-electron chi connectivity index (χ0n) is 10.4. The topological polar surface area (TPSA) is 69.2 Å². The van der Waals surface area contributed by atoms with Crippen molar-refractivity contribution in [2.24, 2.45) is 5.73 Å². The quantitative estimate of drug-likeness (QED) is 0.574. The molecule has 5 heteroatoms. The van der Waals surface area contributed by atoms with Crippen LogP contribution in [-0.2, 0) is 0 Å². The van der Waals surface area contributed by atoms with Crippen molar-refractivity contribution in [3.63, 3.8) is 0 Å². The Hall–Kier alpha value is -1.62. The van der Waals surface area contributed by atoms with Crippen LogP contribution in [0.3, 0.4) is 0 Å². The van der Waals surface area contributed by atoms with E-state index in [9.17, 15) is 0 Å². The second-order valence-corrected chi connectivity index (χ2v) is 4.53. The molecule has 1 aliphatic rings. The molecule has 17 heavy (non-hydrogen) atoms. The molecule has 0 spiro atoms. The summed E-state index contributed by atoms with van der Waals surface area (Å²) < 4.78 is 0. The van der Waals surface area contributed by atoms with E-state index in [1.165, 1.54) is 0 Å². The molecular formula is C12H19N5. The van der Waals surface area contributed by atoms with Crippen LogP contribution in [0, 0.1) is 12.3 Å². The lowest BCUT2D eigenvalue weighted by Gasteiger charge is -2.34. The molecule has 0 aromatic carbocycles. The predicted octanol–water partition coefficient (Wildman–Crippen LogP) is 0.426. The van der Waals surface area contributed by atoms with Gasteiger partial charge in [0.25, 0.3) is 0 Å². The van der Waals surface area contributed by atoms with Crippen molar-refractivity contribution in [1.82, 2.24) is 9.88 Å². The highest BCUT2D eigenvalue weighted by Crippen LogP contribution is 2.21. The van der Waals surface area contributed by atoms with Crippen LogP contribution in [0.25, 0.3) is 0 Å². The Morgan fingerprint density at radius 3 is 2.59 bits per heavy atom. The second kappa shape index (κ2) is 4.71. The molecule has 1 aromatic heterocycles. The van der Waals surface area contributed by atoms with Crippen molar-refractivity contribution < 1.29 is 0 Å². The number of nitrogens with two attached hydrogens (primary N) is 1. The summed E-state index contributed by atoms with van der Waals surface area (Å²) in [5, 5.41) is 7.68. The van der Waals surface area contributed by atoms with E-state index in [2.05, 4.69) is 21.8 Å². The molecule has 3 N–H and O–H groups in total. The second-order valence-electron chi connectivity index (χ2n) is 4.53. The van der Waals surface area contributed by atoms with Crippen LogP contribution in [0.1, 0.15) is 11.1 Å². The van der Waals surface area contributed by atoms with E-state index in [1.54, 1.807) is 6.20 Å². The molecule has 0 unspecified atom stereocenters. The monoisotopic (exact) mass is 233 g/mol. The van der Waals surface area contributed by atoms with Gasteiger partial charge in [-0.05, 0) is 25.6 Å². The molecule has 1 fully saturated rings. The lowest BCUT2D eigenvalue weighted by molar-refractivity contribution is 0.312. The number of nitrogen functional groups attached to an aromatic ring is 1. The highest BCUT2D eigenvalue weighted by atomic mass is 15.3. The molecule has 0 atom stereocenters. The van der Waals surface area contributed by atoms with E-state index >= 15 is 0 Å². The van der Waals surface area contributed by atoms with Gasteiger partial charge in [-0.3, -0.25) is 5.41 Å². The molecular weight excluding hydrogens is 214 g/mol. The van der Waals surface area contributed by atoms with Crippen LogP contribution in [0.5, 0.6) is 0 Å². The van der Waals surface area contributed by atoms with Crippen LogP contribution in [-0.4, -0.2) is 48.9 Å². The fourth-order valence-corrected chi connectivity index (χ4v) is 2.13. The Bertz CT molecular complexity index is 421. The zero-order valence-corrected chi connectivity index (χ0v) is 10.4. The van der Waals surface area contributed by atoms with E-state index in [0.29, 0.717) is 0 Å². The van der Waals surface area contributed by atoms with Gasteiger partial charge < -0.3 is 15.5 Å². The molecule has 0 saturated carbocycles. The van der Waals surface area contributed by atoms with Gasteiger partial charge >= 0.3 is 0 Å². The SMILES string of the molecule is Cc1ccnc(N2CCN(C)CC2)c1C(=N)N. The van der Waals surface area contributed by atoms with Crippen LogP contribution in [0.4, 0.5) is 5.82 Å². The fourth-order valence-electron chi connectivity index (χ4n) is 2.13. The standard InChI is InChI=1S/C12H19N5/c1-9-3-4-15-12(10(9)11(13)14)17-7-5-16(2)6-8-17/h3-4H,5-8H2,1-2H3,(H3,13,14). The van der Waals surface area contributed by atoms with Gasteiger partial charge in [0.1, 0.15) is 11.7 Å². The number of rotatable bonds is 2. The van der Waals surface area contributed by atoms with Gasteiger partial charge in [-0.25, -0.2) is 4.98 Å². The third kappa shape index (κ3) is 2.39. The zero-order chi connectivity index (χ0) is 12.4.